The Hall–Kier alpha value is -0.560. The summed E-state index contributed by atoms with van der Waals surface area (Å²) in [6, 6.07) is 0. The molecule has 0 atom stereocenters. The molecule has 0 aliphatic heterocycles. The summed E-state index contributed by atoms with van der Waals surface area (Å²) in [7, 11) is 0. The predicted molar refractivity (Wildman–Crippen MR) is 46.0 cm³/mol. The van der Waals surface area contributed by atoms with Gasteiger partial charge in [-0.1, -0.05) is 11.6 Å². The van der Waals surface area contributed by atoms with Crippen molar-refractivity contribution in [1.29, 1.82) is 0 Å². The van der Waals surface area contributed by atoms with Crippen molar-refractivity contribution in [2.75, 3.05) is 0 Å². The molecule has 1 aliphatic carbocycles. The summed E-state index contributed by atoms with van der Waals surface area (Å²) < 4.78 is 0. The highest BCUT2D eigenvalue weighted by atomic mass is 35.5. The third-order valence-electron chi connectivity index (χ3n) is 2.31. The zero-order chi connectivity index (χ0) is 7.84. The van der Waals surface area contributed by atoms with Crippen LogP contribution in [0.2, 0.25) is 5.02 Å². The van der Waals surface area contributed by atoms with Crippen LogP contribution in [0.3, 0.4) is 0 Å². The largest absolute Gasteiger partial charge is 0.260 e. The SMILES string of the molecule is Cc1ncc(Cl)c2c1CCC2. The number of hydrogen-bond donors (Lipinski definition) is 0. The van der Waals surface area contributed by atoms with Gasteiger partial charge in [-0.3, -0.25) is 4.98 Å². The zero-order valence-electron chi connectivity index (χ0n) is 6.52. The summed E-state index contributed by atoms with van der Waals surface area (Å²) in [5.74, 6) is 0. The van der Waals surface area contributed by atoms with Crippen LogP contribution in [0.1, 0.15) is 23.2 Å². The Bertz CT molecular complexity index is 265. The number of rotatable bonds is 0. The molecule has 0 saturated carbocycles. The fourth-order valence-electron chi connectivity index (χ4n) is 1.72. The summed E-state index contributed by atoms with van der Waals surface area (Å²) in [6.07, 6.45) is 5.30. The molecular weight excluding hydrogens is 158 g/mol. The van der Waals surface area contributed by atoms with Gasteiger partial charge in [0.15, 0.2) is 0 Å². The molecule has 11 heavy (non-hydrogen) atoms. The van der Waals surface area contributed by atoms with Crippen molar-refractivity contribution in [2.45, 2.75) is 26.2 Å². The average Bonchev–Trinajstić information content (AvgIpc) is 2.45. The van der Waals surface area contributed by atoms with Gasteiger partial charge < -0.3 is 0 Å². The molecule has 58 valence electrons. The fourth-order valence-corrected chi connectivity index (χ4v) is 1.97. The van der Waals surface area contributed by atoms with E-state index in [1.165, 1.54) is 17.5 Å². The molecule has 1 nitrogen and oxygen atoms in total. The highest BCUT2D eigenvalue weighted by Crippen LogP contribution is 2.29. The van der Waals surface area contributed by atoms with E-state index in [1.54, 1.807) is 6.20 Å². The van der Waals surface area contributed by atoms with E-state index in [0.717, 1.165) is 23.6 Å². The highest BCUT2D eigenvalue weighted by molar-refractivity contribution is 6.31. The maximum Gasteiger partial charge on any atom is 0.0624 e. The topological polar surface area (TPSA) is 12.9 Å². The summed E-state index contributed by atoms with van der Waals surface area (Å²) in [5.41, 5.74) is 3.87. The molecule has 1 aromatic heterocycles. The minimum Gasteiger partial charge on any atom is -0.260 e. The van der Waals surface area contributed by atoms with Gasteiger partial charge >= 0.3 is 0 Å². The Kier molecular flexibility index (Phi) is 1.61. The van der Waals surface area contributed by atoms with Crippen LogP contribution in [0, 0.1) is 6.92 Å². The smallest absolute Gasteiger partial charge is 0.0624 e. The van der Waals surface area contributed by atoms with Crippen molar-refractivity contribution in [2.24, 2.45) is 0 Å². The molecule has 0 bridgehead atoms. The highest BCUT2D eigenvalue weighted by Gasteiger charge is 2.16. The molecule has 0 unspecified atom stereocenters. The number of pyridine rings is 1. The fraction of sp³-hybridized carbons (Fsp3) is 0.444. The maximum absolute atomic E-state index is 5.98. The van der Waals surface area contributed by atoms with Crippen molar-refractivity contribution in [3.05, 3.63) is 28.0 Å². The lowest BCUT2D eigenvalue weighted by atomic mass is 10.1. The van der Waals surface area contributed by atoms with E-state index in [2.05, 4.69) is 11.9 Å². The molecule has 1 heterocycles. The molecule has 1 aromatic rings. The molecule has 0 fully saturated rings. The van der Waals surface area contributed by atoms with E-state index in [9.17, 15) is 0 Å². The van der Waals surface area contributed by atoms with Crippen molar-refractivity contribution in [3.8, 4) is 0 Å². The van der Waals surface area contributed by atoms with E-state index in [1.807, 2.05) is 0 Å². The Labute approximate surface area is 71.4 Å². The second-order valence-electron chi connectivity index (χ2n) is 3.00. The molecular formula is C9H10ClN. The van der Waals surface area contributed by atoms with Gasteiger partial charge in [-0.15, -0.1) is 0 Å². The van der Waals surface area contributed by atoms with Gasteiger partial charge in [0.05, 0.1) is 5.02 Å². The van der Waals surface area contributed by atoms with Gasteiger partial charge in [0.2, 0.25) is 0 Å². The van der Waals surface area contributed by atoms with Crippen LogP contribution in [-0.2, 0) is 12.8 Å². The van der Waals surface area contributed by atoms with E-state index in [4.69, 9.17) is 11.6 Å². The molecule has 2 rings (SSSR count). The summed E-state index contributed by atoms with van der Waals surface area (Å²) in [4.78, 5) is 4.22. The van der Waals surface area contributed by atoms with Crippen molar-refractivity contribution in [1.82, 2.24) is 4.98 Å². The molecule has 0 amide bonds. The molecule has 0 saturated heterocycles. The Morgan fingerprint density at radius 1 is 1.36 bits per heavy atom. The summed E-state index contributed by atoms with van der Waals surface area (Å²) >= 11 is 5.98. The predicted octanol–water partition coefficient (Wildman–Crippen LogP) is 2.53. The lowest BCUT2D eigenvalue weighted by Gasteiger charge is -2.03. The maximum atomic E-state index is 5.98. The van der Waals surface area contributed by atoms with Crippen LogP contribution in [0.5, 0.6) is 0 Å². The molecule has 0 radical (unpaired) electrons. The first-order chi connectivity index (χ1) is 5.29. The number of aryl methyl sites for hydroxylation is 1. The number of hydrogen-bond acceptors (Lipinski definition) is 1. The van der Waals surface area contributed by atoms with Crippen LogP contribution in [0.25, 0.3) is 0 Å². The second-order valence-corrected chi connectivity index (χ2v) is 3.41. The molecule has 0 aromatic carbocycles. The molecule has 1 aliphatic rings. The number of fused-ring (bicyclic) bond motifs is 1. The van der Waals surface area contributed by atoms with Crippen LogP contribution >= 0.6 is 11.6 Å². The summed E-state index contributed by atoms with van der Waals surface area (Å²) in [6.45, 7) is 2.06. The standard InChI is InChI=1S/C9H10ClN/c1-6-7-3-2-4-8(7)9(10)5-11-6/h5H,2-4H2,1H3. The van der Waals surface area contributed by atoms with Gasteiger partial charge in [0.25, 0.3) is 0 Å². The first-order valence-corrected chi connectivity index (χ1v) is 4.29. The minimum atomic E-state index is 0.850. The van der Waals surface area contributed by atoms with E-state index in [0.29, 0.717) is 0 Å². The van der Waals surface area contributed by atoms with Crippen LogP contribution in [0.15, 0.2) is 6.20 Å². The van der Waals surface area contributed by atoms with Gasteiger partial charge in [-0.2, -0.15) is 0 Å². The average molecular weight is 168 g/mol. The van der Waals surface area contributed by atoms with E-state index < -0.39 is 0 Å². The minimum absolute atomic E-state index is 0.850. The first-order valence-electron chi connectivity index (χ1n) is 3.92. The van der Waals surface area contributed by atoms with Gasteiger partial charge in [0.1, 0.15) is 0 Å². The Morgan fingerprint density at radius 2 is 2.09 bits per heavy atom. The number of halogens is 1. The van der Waals surface area contributed by atoms with Crippen molar-refractivity contribution < 1.29 is 0 Å². The van der Waals surface area contributed by atoms with Gasteiger partial charge in [-0.05, 0) is 37.3 Å². The third-order valence-corrected chi connectivity index (χ3v) is 2.64. The van der Waals surface area contributed by atoms with E-state index in [-0.39, 0.29) is 0 Å². The quantitative estimate of drug-likeness (QED) is 0.579. The number of aromatic nitrogens is 1. The van der Waals surface area contributed by atoms with E-state index >= 15 is 0 Å². The Morgan fingerprint density at radius 3 is 2.82 bits per heavy atom. The summed E-state index contributed by atoms with van der Waals surface area (Å²) in [5, 5.41) is 0.850. The van der Waals surface area contributed by atoms with Crippen LogP contribution in [-0.4, -0.2) is 4.98 Å². The molecule has 2 heteroatoms. The third kappa shape index (κ3) is 1.04. The monoisotopic (exact) mass is 167 g/mol. The van der Waals surface area contributed by atoms with Crippen LogP contribution < -0.4 is 0 Å². The Balaban J connectivity index is 2.64. The van der Waals surface area contributed by atoms with Crippen LogP contribution in [0.4, 0.5) is 0 Å². The second kappa shape index (κ2) is 2.49. The van der Waals surface area contributed by atoms with Crippen molar-refractivity contribution >= 4 is 11.6 Å². The first kappa shape index (κ1) is 7.11. The zero-order valence-corrected chi connectivity index (χ0v) is 7.28. The molecule has 0 spiro atoms. The van der Waals surface area contributed by atoms with Gasteiger partial charge in [0, 0.05) is 11.9 Å². The van der Waals surface area contributed by atoms with Gasteiger partial charge in [-0.25, -0.2) is 0 Å². The normalized spacial score (nSPS) is 15.1. The lowest BCUT2D eigenvalue weighted by Crippen LogP contribution is -1.91. The molecule has 0 N–H and O–H groups in total. The lowest BCUT2D eigenvalue weighted by molar-refractivity contribution is 0.907. The number of nitrogens with zero attached hydrogens (tertiary/aromatic N) is 1. The van der Waals surface area contributed by atoms with Crippen molar-refractivity contribution in [3.63, 3.8) is 0 Å².